The lowest BCUT2D eigenvalue weighted by Gasteiger charge is -2.03. The van der Waals surface area contributed by atoms with E-state index in [2.05, 4.69) is 5.32 Å². The van der Waals surface area contributed by atoms with E-state index in [1.807, 2.05) is 0 Å². The Balaban J connectivity index is 2.56. The van der Waals surface area contributed by atoms with Crippen LogP contribution in [0.15, 0.2) is 24.3 Å². The normalized spacial score (nSPS) is 9.62. The molecule has 0 saturated heterocycles. The highest BCUT2D eigenvalue weighted by Crippen LogP contribution is 2.11. The summed E-state index contributed by atoms with van der Waals surface area (Å²) < 4.78 is 4.97. The molecule has 0 saturated carbocycles. The number of halogens is 1. The molecule has 0 unspecified atom stereocenters. The van der Waals surface area contributed by atoms with Gasteiger partial charge >= 0.3 is 0 Å². The molecular weight excluding hydrogens is 230 g/mol. The number of ether oxygens (including phenoxy) is 1. The molecule has 1 aromatic rings. The predicted molar refractivity (Wildman–Crippen MR) is 61.1 cm³/mol. The number of nitrogens with one attached hydrogen (secondary N) is 1. The van der Waals surface area contributed by atoms with Gasteiger partial charge in [-0.15, -0.1) is 11.6 Å². The Hall–Kier alpha value is -1.55. The molecule has 1 aromatic carbocycles. The minimum absolute atomic E-state index is 0.0438. The van der Waals surface area contributed by atoms with Crippen LogP contribution in [0.3, 0.4) is 0 Å². The first-order valence-corrected chi connectivity index (χ1v) is 5.20. The van der Waals surface area contributed by atoms with E-state index < -0.39 is 0 Å². The third-order valence-electron chi connectivity index (χ3n) is 1.98. The van der Waals surface area contributed by atoms with Crippen molar-refractivity contribution in [1.82, 2.24) is 5.32 Å². The second-order valence-corrected chi connectivity index (χ2v) is 3.33. The average Bonchev–Trinajstić information content (AvgIpc) is 2.35. The Labute approximate surface area is 98.5 Å². The summed E-state index contributed by atoms with van der Waals surface area (Å²) in [5.74, 6) is 0.0154. The van der Waals surface area contributed by atoms with Crippen molar-refractivity contribution in [1.29, 1.82) is 0 Å². The van der Waals surface area contributed by atoms with Crippen LogP contribution in [0, 0.1) is 0 Å². The molecule has 0 aliphatic heterocycles. The Morgan fingerprint density at radius 3 is 2.44 bits per heavy atom. The van der Waals surface area contributed by atoms with Crippen molar-refractivity contribution in [2.24, 2.45) is 0 Å². The van der Waals surface area contributed by atoms with E-state index >= 15 is 0 Å². The van der Waals surface area contributed by atoms with Crippen molar-refractivity contribution in [2.75, 3.05) is 19.5 Å². The van der Waals surface area contributed by atoms with Gasteiger partial charge in [-0.2, -0.15) is 0 Å². The Kier molecular flexibility index (Phi) is 4.79. The fraction of sp³-hybridized carbons (Fsp3) is 0.273. The van der Waals surface area contributed by atoms with Gasteiger partial charge in [0.05, 0.1) is 13.7 Å². The highest BCUT2D eigenvalue weighted by atomic mass is 35.5. The highest BCUT2D eigenvalue weighted by molar-refractivity contribution is 6.27. The molecule has 1 rings (SSSR count). The maximum absolute atomic E-state index is 11.6. The lowest BCUT2D eigenvalue weighted by Crippen LogP contribution is -2.30. The Morgan fingerprint density at radius 1 is 1.31 bits per heavy atom. The molecule has 0 aromatic heterocycles. The van der Waals surface area contributed by atoms with Crippen LogP contribution in [0.5, 0.6) is 5.75 Å². The van der Waals surface area contributed by atoms with Crippen molar-refractivity contribution >= 4 is 23.3 Å². The molecule has 0 aliphatic rings. The van der Waals surface area contributed by atoms with Crippen molar-refractivity contribution in [3.8, 4) is 5.75 Å². The Bertz CT molecular complexity index is 375. The second-order valence-electron chi connectivity index (χ2n) is 3.06. The summed E-state index contributed by atoms with van der Waals surface area (Å²) in [6.07, 6.45) is 0. The van der Waals surface area contributed by atoms with E-state index in [4.69, 9.17) is 16.3 Å². The van der Waals surface area contributed by atoms with E-state index in [9.17, 15) is 9.59 Å². The van der Waals surface area contributed by atoms with Gasteiger partial charge < -0.3 is 10.1 Å². The number of rotatable bonds is 5. The molecule has 1 N–H and O–H groups in total. The first-order chi connectivity index (χ1) is 7.67. The van der Waals surface area contributed by atoms with E-state index in [1.54, 1.807) is 31.4 Å². The van der Waals surface area contributed by atoms with Gasteiger partial charge in [-0.3, -0.25) is 9.59 Å². The van der Waals surface area contributed by atoms with Crippen LogP contribution in [0.1, 0.15) is 10.4 Å². The van der Waals surface area contributed by atoms with Crippen LogP contribution < -0.4 is 10.1 Å². The minimum Gasteiger partial charge on any atom is -0.497 e. The number of ketones is 1. The monoisotopic (exact) mass is 241 g/mol. The second kappa shape index (κ2) is 6.12. The molecule has 0 heterocycles. The van der Waals surface area contributed by atoms with Crippen LogP contribution in [-0.2, 0) is 4.79 Å². The zero-order chi connectivity index (χ0) is 12.0. The fourth-order valence-electron chi connectivity index (χ4n) is 1.11. The van der Waals surface area contributed by atoms with Crippen LogP contribution in [0.2, 0.25) is 0 Å². The number of carbonyl (C=O) groups excluding carboxylic acids is 2. The van der Waals surface area contributed by atoms with Crippen molar-refractivity contribution < 1.29 is 14.3 Å². The highest BCUT2D eigenvalue weighted by Gasteiger charge is 2.07. The predicted octanol–water partition coefficient (Wildman–Crippen LogP) is 1.23. The third-order valence-corrected chi connectivity index (χ3v) is 2.22. The molecule has 86 valence electrons. The van der Waals surface area contributed by atoms with Crippen LogP contribution in [-0.4, -0.2) is 31.2 Å². The SMILES string of the molecule is COc1ccc(C(=O)CNC(=O)CCl)cc1. The van der Waals surface area contributed by atoms with Crippen LogP contribution >= 0.6 is 11.6 Å². The number of hydrogen-bond donors (Lipinski definition) is 1. The molecule has 0 bridgehead atoms. The summed E-state index contributed by atoms with van der Waals surface area (Å²) >= 11 is 5.28. The maximum atomic E-state index is 11.6. The molecule has 4 nitrogen and oxygen atoms in total. The van der Waals surface area contributed by atoms with Crippen molar-refractivity contribution in [3.05, 3.63) is 29.8 Å². The van der Waals surface area contributed by atoms with Gasteiger partial charge in [0, 0.05) is 5.56 Å². The van der Waals surface area contributed by atoms with Gasteiger partial charge in [0.2, 0.25) is 5.91 Å². The molecule has 0 spiro atoms. The molecule has 0 atom stereocenters. The number of carbonyl (C=O) groups is 2. The van der Waals surface area contributed by atoms with Crippen LogP contribution in [0.25, 0.3) is 0 Å². The number of Topliss-reactive ketones (excluding diaryl/α,β-unsaturated/α-hetero) is 1. The fourth-order valence-corrected chi connectivity index (χ4v) is 1.20. The standard InChI is InChI=1S/C11H12ClNO3/c1-16-9-4-2-8(3-5-9)10(14)7-13-11(15)6-12/h2-5H,6-7H2,1H3,(H,13,15). The third kappa shape index (κ3) is 3.55. The van der Waals surface area contributed by atoms with E-state index in [0.29, 0.717) is 11.3 Å². The van der Waals surface area contributed by atoms with Crippen molar-refractivity contribution in [2.45, 2.75) is 0 Å². The van der Waals surface area contributed by atoms with E-state index in [0.717, 1.165) is 0 Å². The van der Waals surface area contributed by atoms with Crippen LogP contribution in [0.4, 0.5) is 0 Å². The summed E-state index contributed by atoms with van der Waals surface area (Å²) in [5, 5.41) is 2.41. The molecule has 16 heavy (non-hydrogen) atoms. The van der Waals surface area contributed by atoms with Gasteiger partial charge in [0.1, 0.15) is 11.6 Å². The zero-order valence-corrected chi connectivity index (χ0v) is 9.58. The van der Waals surface area contributed by atoms with E-state index in [1.165, 1.54) is 0 Å². The first kappa shape index (κ1) is 12.5. The quantitative estimate of drug-likeness (QED) is 0.623. The summed E-state index contributed by atoms with van der Waals surface area (Å²) in [4.78, 5) is 22.4. The zero-order valence-electron chi connectivity index (χ0n) is 8.83. The van der Waals surface area contributed by atoms with Gasteiger partial charge in [-0.1, -0.05) is 0 Å². The maximum Gasteiger partial charge on any atom is 0.235 e. The molecule has 5 heteroatoms. The average molecular weight is 242 g/mol. The number of amides is 1. The molecule has 1 amide bonds. The summed E-state index contributed by atoms with van der Waals surface area (Å²) in [6.45, 7) is -0.0438. The van der Waals surface area contributed by atoms with Gasteiger partial charge in [0.25, 0.3) is 0 Å². The number of alkyl halides is 1. The number of methoxy groups -OCH3 is 1. The molecule has 0 radical (unpaired) electrons. The summed E-state index contributed by atoms with van der Waals surface area (Å²) in [6, 6.07) is 6.68. The van der Waals surface area contributed by atoms with Crippen molar-refractivity contribution in [3.63, 3.8) is 0 Å². The van der Waals surface area contributed by atoms with Gasteiger partial charge in [-0.25, -0.2) is 0 Å². The molecular formula is C11H12ClNO3. The lowest BCUT2D eigenvalue weighted by molar-refractivity contribution is -0.118. The van der Waals surface area contributed by atoms with E-state index in [-0.39, 0.29) is 24.1 Å². The molecule has 0 aliphatic carbocycles. The topological polar surface area (TPSA) is 55.4 Å². The number of hydrogen-bond acceptors (Lipinski definition) is 3. The van der Waals surface area contributed by atoms with Gasteiger partial charge in [-0.05, 0) is 24.3 Å². The Morgan fingerprint density at radius 2 is 1.94 bits per heavy atom. The summed E-state index contributed by atoms with van der Waals surface area (Å²) in [7, 11) is 1.55. The lowest BCUT2D eigenvalue weighted by atomic mass is 10.1. The first-order valence-electron chi connectivity index (χ1n) is 4.67. The summed E-state index contributed by atoms with van der Waals surface area (Å²) in [5.41, 5.74) is 0.524. The largest absolute Gasteiger partial charge is 0.497 e. The van der Waals surface area contributed by atoms with Gasteiger partial charge in [0.15, 0.2) is 5.78 Å². The molecule has 0 fully saturated rings. The smallest absolute Gasteiger partial charge is 0.235 e. The minimum atomic E-state index is -0.358. The number of benzene rings is 1.